The first-order valence-electron chi connectivity index (χ1n) is 7.63. The van der Waals surface area contributed by atoms with E-state index >= 15 is 0 Å². The van der Waals surface area contributed by atoms with E-state index in [9.17, 15) is 4.79 Å². The van der Waals surface area contributed by atoms with Gasteiger partial charge < -0.3 is 10.6 Å². The number of hydrogen-bond donors (Lipinski definition) is 1. The largest absolute Gasteiger partial charge is 0.335 e. The van der Waals surface area contributed by atoms with Crippen LogP contribution in [0.4, 0.5) is 0 Å². The Balaban J connectivity index is 2.95. The van der Waals surface area contributed by atoms with Gasteiger partial charge in [-0.15, -0.1) is 0 Å². The summed E-state index contributed by atoms with van der Waals surface area (Å²) in [6.45, 7) is 9.92. The van der Waals surface area contributed by atoms with Gasteiger partial charge in [0.25, 0.3) is 5.91 Å². The molecule has 1 amide bonds. The summed E-state index contributed by atoms with van der Waals surface area (Å²) in [5, 5.41) is 0. The molecule has 1 aromatic rings. The second-order valence-electron chi connectivity index (χ2n) is 5.72. The molecule has 0 bridgehead atoms. The molecule has 20 heavy (non-hydrogen) atoms. The van der Waals surface area contributed by atoms with Crippen molar-refractivity contribution in [2.45, 2.75) is 53.1 Å². The molecule has 1 aromatic carbocycles. The fourth-order valence-corrected chi connectivity index (χ4v) is 2.47. The lowest BCUT2D eigenvalue weighted by Gasteiger charge is -2.32. The number of amides is 1. The van der Waals surface area contributed by atoms with Crippen molar-refractivity contribution in [3.8, 4) is 0 Å². The topological polar surface area (TPSA) is 46.3 Å². The maximum absolute atomic E-state index is 12.7. The summed E-state index contributed by atoms with van der Waals surface area (Å²) in [5.41, 5.74) is 7.41. The second kappa shape index (κ2) is 8.05. The van der Waals surface area contributed by atoms with Gasteiger partial charge in [0.05, 0.1) is 0 Å². The Labute approximate surface area is 123 Å². The van der Waals surface area contributed by atoms with E-state index in [4.69, 9.17) is 5.73 Å². The molecule has 0 fully saturated rings. The molecule has 0 radical (unpaired) electrons. The summed E-state index contributed by atoms with van der Waals surface area (Å²) in [6, 6.07) is 7.97. The van der Waals surface area contributed by atoms with Crippen LogP contribution in [-0.2, 0) is 6.54 Å². The van der Waals surface area contributed by atoms with Gasteiger partial charge in [-0.25, -0.2) is 0 Å². The maximum atomic E-state index is 12.7. The summed E-state index contributed by atoms with van der Waals surface area (Å²) in [4.78, 5) is 14.8. The van der Waals surface area contributed by atoms with Crippen LogP contribution in [-0.4, -0.2) is 23.4 Å². The molecule has 3 heteroatoms. The smallest absolute Gasteiger partial charge is 0.254 e. The van der Waals surface area contributed by atoms with E-state index in [0.717, 1.165) is 30.5 Å². The van der Waals surface area contributed by atoms with Crippen molar-refractivity contribution in [2.24, 2.45) is 11.7 Å². The van der Waals surface area contributed by atoms with Crippen molar-refractivity contribution in [3.63, 3.8) is 0 Å². The minimum Gasteiger partial charge on any atom is -0.335 e. The van der Waals surface area contributed by atoms with E-state index in [0.29, 0.717) is 18.5 Å². The standard InChI is InChI=1S/C17H28N2O/c1-5-16(6-2)19(12-13(3)4)17(20)15-9-7-14(11-18)8-10-15/h7-10,13,16H,5-6,11-12,18H2,1-4H3. The maximum Gasteiger partial charge on any atom is 0.254 e. The number of nitrogens with zero attached hydrogens (tertiary/aromatic N) is 1. The van der Waals surface area contributed by atoms with Gasteiger partial charge in [-0.2, -0.15) is 0 Å². The summed E-state index contributed by atoms with van der Waals surface area (Å²) >= 11 is 0. The Kier molecular flexibility index (Phi) is 6.73. The molecule has 0 spiro atoms. The van der Waals surface area contributed by atoms with Gasteiger partial charge in [0.2, 0.25) is 0 Å². The van der Waals surface area contributed by atoms with Crippen LogP contribution in [0.3, 0.4) is 0 Å². The number of hydrogen-bond acceptors (Lipinski definition) is 2. The molecule has 0 saturated carbocycles. The Morgan fingerprint density at radius 1 is 1.15 bits per heavy atom. The van der Waals surface area contributed by atoms with Gasteiger partial charge >= 0.3 is 0 Å². The molecule has 0 heterocycles. The lowest BCUT2D eigenvalue weighted by Crippen LogP contribution is -2.42. The average Bonchev–Trinajstić information content (AvgIpc) is 2.46. The van der Waals surface area contributed by atoms with Gasteiger partial charge in [-0.1, -0.05) is 39.8 Å². The molecule has 1 rings (SSSR count). The molecule has 3 nitrogen and oxygen atoms in total. The summed E-state index contributed by atoms with van der Waals surface area (Å²) < 4.78 is 0. The van der Waals surface area contributed by atoms with Crippen LogP contribution in [0.5, 0.6) is 0 Å². The minimum atomic E-state index is 0.135. The zero-order valence-corrected chi connectivity index (χ0v) is 13.2. The zero-order valence-electron chi connectivity index (χ0n) is 13.2. The highest BCUT2D eigenvalue weighted by Crippen LogP contribution is 2.16. The monoisotopic (exact) mass is 276 g/mol. The fraction of sp³-hybridized carbons (Fsp3) is 0.588. The first kappa shape index (κ1) is 16.7. The molecule has 0 atom stereocenters. The van der Waals surface area contributed by atoms with Gasteiger partial charge in [-0.05, 0) is 36.5 Å². The third kappa shape index (κ3) is 4.34. The van der Waals surface area contributed by atoms with Crippen molar-refractivity contribution in [2.75, 3.05) is 6.54 Å². The fourth-order valence-electron chi connectivity index (χ4n) is 2.47. The summed E-state index contributed by atoms with van der Waals surface area (Å²) in [6.07, 6.45) is 1.99. The van der Waals surface area contributed by atoms with Gasteiger partial charge in [0, 0.05) is 24.7 Å². The molecule has 0 saturated heterocycles. The molecule has 112 valence electrons. The first-order chi connectivity index (χ1) is 9.53. The Morgan fingerprint density at radius 2 is 1.70 bits per heavy atom. The van der Waals surface area contributed by atoms with Gasteiger partial charge in [0.1, 0.15) is 0 Å². The summed E-state index contributed by atoms with van der Waals surface area (Å²) in [7, 11) is 0. The van der Waals surface area contributed by atoms with Crippen molar-refractivity contribution in [3.05, 3.63) is 35.4 Å². The average molecular weight is 276 g/mol. The van der Waals surface area contributed by atoms with E-state index in [1.807, 2.05) is 29.2 Å². The van der Waals surface area contributed by atoms with E-state index in [-0.39, 0.29) is 5.91 Å². The van der Waals surface area contributed by atoms with Gasteiger partial charge in [-0.3, -0.25) is 4.79 Å². The van der Waals surface area contributed by atoms with Gasteiger partial charge in [0.15, 0.2) is 0 Å². The quantitative estimate of drug-likeness (QED) is 0.829. The Morgan fingerprint density at radius 3 is 2.10 bits per heavy atom. The molecular weight excluding hydrogens is 248 g/mol. The zero-order chi connectivity index (χ0) is 15.1. The highest BCUT2D eigenvalue weighted by atomic mass is 16.2. The highest BCUT2D eigenvalue weighted by Gasteiger charge is 2.22. The minimum absolute atomic E-state index is 0.135. The number of carbonyl (C=O) groups is 1. The molecule has 0 unspecified atom stereocenters. The van der Waals surface area contributed by atoms with Crippen molar-refractivity contribution in [1.29, 1.82) is 0 Å². The molecular formula is C17H28N2O. The lowest BCUT2D eigenvalue weighted by molar-refractivity contribution is 0.0640. The Hall–Kier alpha value is -1.35. The predicted octanol–water partition coefficient (Wildman–Crippen LogP) is 3.43. The predicted molar refractivity (Wildman–Crippen MR) is 84.6 cm³/mol. The molecule has 0 aliphatic heterocycles. The number of benzene rings is 1. The number of nitrogens with two attached hydrogens (primary N) is 1. The molecule has 0 aliphatic carbocycles. The summed E-state index contributed by atoms with van der Waals surface area (Å²) in [5.74, 6) is 0.610. The third-order valence-corrected chi connectivity index (χ3v) is 3.64. The second-order valence-corrected chi connectivity index (χ2v) is 5.72. The van der Waals surface area contributed by atoms with E-state index < -0.39 is 0 Å². The van der Waals surface area contributed by atoms with Crippen molar-refractivity contribution >= 4 is 5.91 Å². The first-order valence-corrected chi connectivity index (χ1v) is 7.63. The van der Waals surface area contributed by atoms with Crippen molar-refractivity contribution < 1.29 is 4.79 Å². The van der Waals surface area contributed by atoms with Crippen LogP contribution >= 0.6 is 0 Å². The molecule has 2 N–H and O–H groups in total. The van der Waals surface area contributed by atoms with Crippen LogP contribution < -0.4 is 5.73 Å². The van der Waals surface area contributed by atoms with Crippen LogP contribution in [0.15, 0.2) is 24.3 Å². The highest BCUT2D eigenvalue weighted by molar-refractivity contribution is 5.94. The Bertz CT molecular complexity index is 408. The van der Waals surface area contributed by atoms with E-state index in [2.05, 4.69) is 27.7 Å². The van der Waals surface area contributed by atoms with E-state index in [1.54, 1.807) is 0 Å². The normalized spacial score (nSPS) is 11.2. The van der Waals surface area contributed by atoms with Crippen LogP contribution in [0.25, 0.3) is 0 Å². The van der Waals surface area contributed by atoms with E-state index in [1.165, 1.54) is 0 Å². The van der Waals surface area contributed by atoms with Crippen LogP contribution in [0.1, 0.15) is 56.5 Å². The molecule has 0 aromatic heterocycles. The SMILES string of the molecule is CCC(CC)N(CC(C)C)C(=O)c1ccc(CN)cc1. The lowest BCUT2D eigenvalue weighted by atomic mass is 10.0. The number of rotatable bonds is 7. The molecule has 0 aliphatic rings. The van der Waals surface area contributed by atoms with Crippen LogP contribution in [0.2, 0.25) is 0 Å². The van der Waals surface area contributed by atoms with Crippen molar-refractivity contribution in [1.82, 2.24) is 4.90 Å². The third-order valence-electron chi connectivity index (χ3n) is 3.64. The van der Waals surface area contributed by atoms with Crippen LogP contribution in [0, 0.1) is 5.92 Å². The number of carbonyl (C=O) groups excluding carboxylic acids is 1.